The van der Waals surface area contributed by atoms with E-state index in [0.717, 1.165) is 32.5 Å². The molecule has 2 saturated heterocycles. The van der Waals surface area contributed by atoms with Crippen molar-refractivity contribution in [1.29, 1.82) is 0 Å². The smallest absolute Gasteiger partial charge is 0.225 e. The number of amides is 1. The maximum Gasteiger partial charge on any atom is 0.225 e. The van der Waals surface area contributed by atoms with E-state index in [0.29, 0.717) is 12.0 Å². The van der Waals surface area contributed by atoms with Crippen LogP contribution in [0, 0.1) is 11.8 Å². The maximum absolute atomic E-state index is 11.8. The molecule has 0 N–H and O–H groups in total. The quantitative estimate of drug-likeness (QED) is 0.633. The molecule has 2 bridgehead atoms. The zero-order valence-corrected chi connectivity index (χ0v) is 9.03. The minimum absolute atomic E-state index is 0.119. The third kappa shape index (κ3) is 1.92. The fraction of sp³-hybridized carbons (Fsp3) is 0.909. The van der Waals surface area contributed by atoms with Crippen LogP contribution in [0.3, 0.4) is 0 Å². The Morgan fingerprint density at radius 2 is 2.21 bits per heavy atom. The van der Waals surface area contributed by atoms with Crippen LogP contribution in [0.2, 0.25) is 0 Å². The molecule has 2 unspecified atom stereocenters. The van der Waals surface area contributed by atoms with Crippen molar-refractivity contribution < 1.29 is 9.53 Å². The van der Waals surface area contributed by atoms with Crippen LogP contribution in [0.25, 0.3) is 0 Å². The van der Waals surface area contributed by atoms with Gasteiger partial charge in [-0.25, -0.2) is 0 Å². The second-order valence-electron chi connectivity index (χ2n) is 4.78. The van der Waals surface area contributed by atoms with Gasteiger partial charge in [-0.15, -0.1) is 0 Å². The Morgan fingerprint density at radius 3 is 2.86 bits per heavy atom. The van der Waals surface area contributed by atoms with Crippen molar-refractivity contribution in [2.75, 3.05) is 19.7 Å². The van der Waals surface area contributed by atoms with Gasteiger partial charge < -0.3 is 9.64 Å². The molecule has 2 rings (SSSR count). The topological polar surface area (TPSA) is 29.5 Å². The molecule has 3 nitrogen and oxygen atoms in total. The third-order valence-corrected chi connectivity index (χ3v) is 3.18. The lowest BCUT2D eigenvalue weighted by Gasteiger charge is -2.41. The first-order valence-corrected chi connectivity index (χ1v) is 5.57. The summed E-state index contributed by atoms with van der Waals surface area (Å²) in [6, 6.07) is 0. The summed E-state index contributed by atoms with van der Waals surface area (Å²) in [5.74, 6) is 1.09. The zero-order chi connectivity index (χ0) is 10.1. The van der Waals surface area contributed by atoms with Crippen molar-refractivity contribution in [3.63, 3.8) is 0 Å². The summed E-state index contributed by atoms with van der Waals surface area (Å²) >= 11 is 0. The molecule has 2 heterocycles. The molecule has 1 amide bonds. The second-order valence-corrected chi connectivity index (χ2v) is 4.78. The maximum atomic E-state index is 11.8. The van der Waals surface area contributed by atoms with Gasteiger partial charge in [0.05, 0.1) is 6.10 Å². The first-order chi connectivity index (χ1) is 6.66. The summed E-state index contributed by atoms with van der Waals surface area (Å²) in [5.41, 5.74) is 0. The number of hydrogen-bond acceptors (Lipinski definition) is 2. The van der Waals surface area contributed by atoms with E-state index >= 15 is 0 Å². The van der Waals surface area contributed by atoms with Crippen LogP contribution in [0.1, 0.15) is 26.7 Å². The van der Waals surface area contributed by atoms with E-state index in [9.17, 15) is 4.79 Å². The van der Waals surface area contributed by atoms with Crippen LogP contribution in [0.4, 0.5) is 0 Å². The van der Waals surface area contributed by atoms with E-state index in [-0.39, 0.29) is 11.8 Å². The van der Waals surface area contributed by atoms with Gasteiger partial charge >= 0.3 is 0 Å². The van der Waals surface area contributed by atoms with Crippen LogP contribution in [0.5, 0.6) is 0 Å². The number of hydrogen-bond donors (Lipinski definition) is 0. The predicted octanol–water partition coefficient (Wildman–Crippen LogP) is 1.28. The number of carbonyl (C=O) groups excluding carboxylic acids is 1. The number of rotatable bonds is 1. The van der Waals surface area contributed by atoms with E-state index in [2.05, 4.69) is 0 Å². The van der Waals surface area contributed by atoms with Crippen molar-refractivity contribution >= 4 is 5.91 Å². The third-order valence-electron chi connectivity index (χ3n) is 3.18. The fourth-order valence-electron chi connectivity index (χ4n) is 2.43. The van der Waals surface area contributed by atoms with Crippen molar-refractivity contribution in [2.24, 2.45) is 11.8 Å². The highest BCUT2D eigenvalue weighted by Gasteiger charge is 2.33. The molecule has 2 aliphatic heterocycles. The molecule has 2 atom stereocenters. The van der Waals surface area contributed by atoms with Crippen molar-refractivity contribution in [3.05, 3.63) is 0 Å². The van der Waals surface area contributed by atoms with Gasteiger partial charge in [-0.05, 0) is 18.8 Å². The summed E-state index contributed by atoms with van der Waals surface area (Å²) in [4.78, 5) is 13.8. The number of ether oxygens (including phenoxy) is 1. The summed E-state index contributed by atoms with van der Waals surface area (Å²) in [6.45, 7) is 6.59. The average molecular weight is 197 g/mol. The molecule has 2 fully saturated rings. The van der Waals surface area contributed by atoms with Crippen LogP contribution in [-0.2, 0) is 9.53 Å². The molecule has 0 aliphatic carbocycles. The lowest BCUT2D eigenvalue weighted by Crippen LogP contribution is -2.50. The molecule has 0 radical (unpaired) electrons. The standard InChI is InChI=1S/C11H19NO2/c1-8(2)11(13)12-6-9-3-4-14-10(5-9)7-12/h8-10H,3-7H2,1-2H3. The van der Waals surface area contributed by atoms with Crippen LogP contribution < -0.4 is 0 Å². The van der Waals surface area contributed by atoms with Gasteiger partial charge in [-0.2, -0.15) is 0 Å². The molecule has 2 aliphatic rings. The van der Waals surface area contributed by atoms with E-state index < -0.39 is 0 Å². The fourth-order valence-corrected chi connectivity index (χ4v) is 2.43. The van der Waals surface area contributed by atoms with Gasteiger partial charge in [0.1, 0.15) is 0 Å². The normalized spacial score (nSPS) is 32.1. The Kier molecular flexibility index (Phi) is 2.77. The van der Waals surface area contributed by atoms with Gasteiger partial charge in [0.2, 0.25) is 5.91 Å². The average Bonchev–Trinajstić information content (AvgIpc) is 2.15. The molecule has 3 heteroatoms. The molecular formula is C11H19NO2. The Labute approximate surface area is 85.4 Å². The number of carbonyl (C=O) groups is 1. The van der Waals surface area contributed by atoms with E-state index in [1.165, 1.54) is 0 Å². The van der Waals surface area contributed by atoms with Crippen molar-refractivity contribution in [1.82, 2.24) is 4.90 Å². The van der Waals surface area contributed by atoms with E-state index in [1.54, 1.807) is 0 Å². The largest absolute Gasteiger partial charge is 0.376 e. The van der Waals surface area contributed by atoms with Gasteiger partial charge in [0, 0.05) is 25.6 Å². The van der Waals surface area contributed by atoms with E-state index in [4.69, 9.17) is 4.74 Å². The number of nitrogens with zero attached hydrogens (tertiary/aromatic N) is 1. The minimum Gasteiger partial charge on any atom is -0.376 e. The summed E-state index contributed by atoms with van der Waals surface area (Å²) in [6.07, 6.45) is 2.59. The molecule has 0 saturated carbocycles. The molecule has 0 spiro atoms. The number of piperidine rings is 1. The summed E-state index contributed by atoms with van der Waals surface area (Å²) in [7, 11) is 0. The second kappa shape index (κ2) is 3.89. The van der Waals surface area contributed by atoms with E-state index in [1.807, 2.05) is 18.7 Å². The molecule has 14 heavy (non-hydrogen) atoms. The Bertz CT molecular complexity index is 215. The Balaban J connectivity index is 1.98. The first-order valence-electron chi connectivity index (χ1n) is 5.57. The molecule has 0 aromatic rings. The molecular weight excluding hydrogens is 178 g/mol. The number of likely N-dealkylation sites (tertiary alicyclic amines) is 1. The Morgan fingerprint density at radius 1 is 1.43 bits per heavy atom. The Hall–Kier alpha value is -0.570. The molecule has 80 valence electrons. The van der Waals surface area contributed by atoms with Crippen LogP contribution in [-0.4, -0.2) is 36.6 Å². The number of fused-ring (bicyclic) bond motifs is 2. The van der Waals surface area contributed by atoms with Crippen LogP contribution >= 0.6 is 0 Å². The molecule has 0 aromatic carbocycles. The first kappa shape index (κ1) is 9.97. The zero-order valence-electron chi connectivity index (χ0n) is 9.03. The lowest BCUT2D eigenvalue weighted by atomic mass is 9.90. The summed E-state index contributed by atoms with van der Waals surface area (Å²) < 4.78 is 5.62. The minimum atomic E-state index is 0.119. The predicted molar refractivity (Wildman–Crippen MR) is 53.9 cm³/mol. The SMILES string of the molecule is CC(C)C(=O)N1CC2CCOC(C2)C1. The van der Waals surface area contributed by atoms with Crippen LogP contribution in [0.15, 0.2) is 0 Å². The van der Waals surface area contributed by atoms with Crippen molar-refractivity contribution in [2.45, 2.75) is 32.8 Å². The van der Waals surface area contributed by atoms with Gasteiger partial charge in [0.15, 0.2) is 0 Å². The molecule has 0 aromatic heterocycles. The van der Waals surface area contributed by atoms with Gasteiger partial charge in [0.25, 0.3) is 0 Å². The lowest BCUT2D eigenvalue weighted by molar-refractivity contribution is -0.144. The monoisotopic (exact) mass is 197 g/mol. The van der Waals surface area contributed by atoms with Gasteiger partial charge in [-0.3, -0.25) is 4.79 Å². The van der Waals surface area contributed by atoms with Gasteiger partial charge in [-0.1, -0.05) is 13.8 Å². The highest BCUT2D eigenvalue weighted by Crippen LogP contribution is 2.27. The highest BCUT2D eigenvalue weighted by molar-refractivity contribution is 5.78. The summed E-state index contributed by atoms with van der Waals surface area (Å²) in [5, 5.41) is 0. The van der Waals surface area contributed by atoms with Crippen molar-refractivity contribution in [3.8, 4) is 0 Å². The highest BCUT2D eigenvalue weighted by atomic mass is 16.5.